The lowest BCUT2D eigenvalue weighted by Crippen LogP contribution is -2.11. The highest BCUT2D eigenvalue weighted by atomic mass is 32.2. The molecule has 3 N–H and O–H groups in total. The number of nitrogens with zero attached hydrogens (tertiary/aromatic N) is 2. The molecule has 16 heavy (non-hydrogen) atoms. The highest BCUT2D eigenvalue weighted by Gasteiger charge is 2.06. The summed E-state index contributed by atoms with van der Waals surface area (Å²) in [7, 11) is 0. The van der Waals surface area contributed by atoms with Crippen molar-refractivity contribution in [3.8, 4) is 0 Å². The first-order valence-electron chi connectivity index (χ1n) is 5.24. The lowest BCUT2D eigenvalue weighted by molar-refractivity contribution is 0.128. The summed E-state index contributed by atoms with van der Waals surface area (Å²) in [6.45, 7) is 7.23. The normalized spacial score (nSPS) is 10.8. The van der Waals surface area contributed by atoms with E-state index in [0.29, 0.717) is 30.1 Å². The maximum Gasteiger partial charge on any atom is 0.157 e. The molecule has 0 aliphatic rings. The van der Waals surface area contributed by atoms with E-state index in [2.05, 4.69) is 29.2 Å². The van der Waals surface area contributed by atoms with Gasteiger partial charge in [-0.2, -0.15) is 0 Å². The largest absolute Gasteiger partial charge is 0.374 e. The van der Waals surface area contributed by atoms with Crippen LogP contribution in [0.2, 0.25) is 0 Å². The third kappa shape index (κ3) is 4.34. The molecular formula is C10H18N4OS. The highest BCUT2D eigenvalue weighted by Crippen LogP contribution is 2.22. The van der Waals surface area contributed by atoms with E-state index in [-0.39, 0.29) is 0 Å². The molecule has 0 radical (unpaired) electrons. The molecule has 1 aromatic rings. The van der Waals surface area contributed by atoms with E-state index < -0.39 is 0 Å². The molecule has 6 heteroatoms. The molecule has 5 nitrogen and oxygen atoms in total. The van der Waals surface area contributed by atoms with Gasteiger partial charge >= 0.3 is 0 Å². The van der Waals surface area contributed by atoms with Gasteiger partial charge in [0.25, 0.3) is 0 Å². The monoisotopic (exact) mass is 242 g/mol. The minimum atomic E-state index is 0.414. The molecule has 90 valence electrons. The van der Waals surface area contributed by atoms with Crippen LogP contribution in [0, 0.1) is 0 Å². The first-order valence-corrected chi connectivity index (χ1v) is 6.12. The molecule has 0 saturated carbocycles. The van der Waals surface area contributed by atoms with Crippen molar-refractivity contribution in [1.29, 1.82) is 0 Å². The molecule has 0 fully saturated rings. The van der Waals surface area contributed by atoms with Crippen LogP contribution < -0.4 is 11.3 Å². The van der Waals surface area contributed by atoms with Crippen LogP contribution >= 0.6 is 11.8 Å². The molecule has 0 unspecified atom stereocenters. The minimum absolute atomic E-state index is 0.414. The van der Waals surface area contributed by atoms with Gasteiger partial charge in [0.1, 0.15) is 17.5 Å². The minimum Gasteiger partial charge on any atom is -0.374 e. The lowest BCUT2D eigenvalue weighted by atomic mass is 10.5. The number of nitrogens with two attached hydrogens (primary N) is 1. The van der Waals surface area contributed by atoms with Crippen LogP contribution in [0.5, 0.6) is 0 Å². The molecule has 0 aliphatic heterocycles. The number of nitrogens with one attached hydrogen (secondary N) is 1. The van der Waals surface area contributed by atoms with Gasteiger partial charge in [0.05, 0.1) is 0 Å². The summed E-state index contributed by atoms with van der Waals surface area (Å²) < 4.78 is 5.28. The van der Waals surface area contributed by atoms with E-state index >= 15 is 0 Å². The zero-order valence-electron chi connectivity index (χ0n) is 9.86. The van der Waals surface area contributed by atoms with E-state index in [1.807, 2.05) is 13.0 Å². The Bertz CT molecular complexity index is 333. The average Bonchev–Trinajstić information content (AvgIpc) is 2.25. The summed E-state index contributed by atoms with van der Waals surface area (Å²) in [5.74, 6) is 6.63. The van der Waals surface area contributed by atoms with Crippen molar-refractivity contribution in [3.05, 3.63) is 11.9 Å². The summed E-state index contributed by atoms with van der Waals surface area (Å²) in [5, 5.41) is 1.38. The van der Waals surface area contributed by atoms with Gasteiger partial charge in [-0.3, -0.25) is 0 Å². The third-order valence-corrected chi connectivity index (χ3v) is 2.61. The topological polar surface area (TPSA) is 73.1 Å². The fourth-order valence-electron chi connectivity index (χ4n) is 1.11. The smallest absolute Gasteiger partial charge is 0.157 e. The van der Waals surface area contributed by atoms with Crippen molar-refractivity contribution in [2.75, 3.05) is 12.0 Å². The first-order chi connectivity index (χ1) is 7.65. The van der Waals surface area contributed by atoms with E-state index in [1.165, 1.54) is 0 Å². The van der Waals surface area contributed by atoms with Crippen molar-refractivity contribution < 1.29 is 4.74 Å². The summed E-state index contributed by atoms with van der Waals surface area (Å²) in [5.41, 5.74) is 2.54. The summed E-state index contributed by atoms with van der Waals surface area (Å²) in [4.78, 5) is 8.60. The molecule has 0 aliphatic carbocycles. The maximum atomic E-state index is 5.36. The van der Waals surface area contributed by atoms with Gasteiger partial charge in [0.2, 0.25) is 0 Å². The SMILES string of the molecule is CCOCc1nc(NN)cc(SC(C)C)n1. The Morgan fingerprint density at radius 3 is 2.81 bits per heavy atom. The molecule has 0 amide bonds. The molecule has 1 rings (SSSR count). The molecular weight excluding hydrogens is 224 g/mol. The zero-order valence-corrected chi connectivity index (χ0v) is 10.7. The molecule has 0 aromatic carbocycles. The predicted octanol–water partition coefficient (Wildman–Crippen LogP) is 1.80. The number of hydrazine groups is 1. The molecule has 1 heterocycles. The van der Waals surface area contributed by atoms with Crippen molar-refractivity contribution in [3.63, 3.8) is 0 Å². The zero-order chi connectivity index (χ0) is 12.0. The number of anilines is 1. The van der Waals surface area contributed by atoms with Gasteiger partial charge in [-0.1, -0.05) is 13.8 Å². The van der Waals surface area contributed by atoms with Crippen LogP contribution in [0.4, 0.5) is 5.82 Å². The Morgan fingerprint density at radius 1 is 1.50 bits per heavy atom. The number of nitrogen functional groups attached to an aromatic ring is 1. The van der Waals surface area contributed by atoms with Crippen molar-refractivity contribution >= 4 is 17.6 Å². The number of aromatic nitrogens is 2. The standard InChI is InChI=1S/C10H18N4OS/c1-4-15-6-9-12-8(14-11)5-10(13-9)16-7(2)3/h5,7H,4,6,11H2,1-3H3,(H,12,13,14). The van der Waals surface area contributed by atoms with E-state index in [0.717, 1.165) is 5.03 Å². The van der Waals surface area contributed by atoms with Gasteiger partial charge in [-0.05, 0) is 6.92 Å². The molecule has 0 spiro atoms. The van der Waals surface area contributed by atoms with Crippen LogP contribution in [0.15, 0.2) is 11.1 Å². The van der Waals surface area contributed by atoms with Gasteiger partial charge in [-0.25, -0.2) is 15.8 Å². The second-order valence-corrected chi connectivity index (χ2v) is 5.05. The Hall–Kier alpha value is -0.850. The number of hydrogen-bond acceptors (Lipinski definition) is 6. The number of ether oxygens (including phenoxy) is 1. The second-order valence-electron chi connectivity index (χ2n) is 3.46. The predicted molar refractivity (Wildman–Crippen MR) is 66.2 cm³/mol. The first kappa shape index (κ1) is 13.2. The number of thioether (sulfide) groups is 1. The fraction of sp³-hybridized carbons (Fsp3) is 0.600. The van der Waals surface area contributed by atoms with Crippen molar-refractivity contribution in [2.24, 2.45) is 5.84 Å². The molecule has 0 bridgehead atoms. The van der Waals surface area contributed by atoms with Crippen LogP contribution in [0.1, 0.15) is 26.6 Å². The van der Waals surface area contributed by atoms with Crippen LogP contribution in [-0.4, -0.2) is 21.8 Å². The van der Waals surface area contributed by atoms with Crippen molar-refractivity contribution in [2.45, 2.75) is 37.7 Å². The molecule has 0 saturated heterocycles. The third-order valence-electron chi connectivity index (χ3n) is 1.69. The summed E-state index contributed by atoms with van der Waals surface area (Å²) in [6.07, 6.45) is 0. The quantitative estimate of drug-likeness (QED) is 0.343. The molecule has 1 aromatic heterocycles. The molecule has 0 atom stereocenters. The summed E-state index contributed by atoms with van der Waals surface area (Å²) >= 11 is 1.67. The van der Waals surface area contributed by atoms with Crippen LogP contribution in [-0.2, 0) is 11.3 Å². The maximum absolute atomic E-state index is 5.36. The van der Waals surface area contributed by atoms with Gasteiger partial charge in [0.15, 0.2) is 5.82 Å². The van der Waals surface area contributed by atoms with E-state index in [1.54, 1.807) is 11.8 Å². The van der Waals surface area contributed by atoms with Gasteiger partial charge < -0.3 is 10.2 Å². The van der Waals surface area contributed by atoms with E-state index in [4.69, 9.17) is 10.6 Å². The Kier molecular flexibility index (Phi) is 5.51. The average molecular weight is 242 g/mol. The second kappa shape index (κ2) is 6.67. The van der Waals surface area contributed by atoms with E-state index in [9.17, 15) is 0 Å². The number of hydrogen-bond donors (Lipinski definition) is 2. The fourth-order valence-corrected chi connectivity index (χ4v) is 1.93. The van der Waals surface area contributed by atoms with Crippen LogP contribution in [0.25, 0.3) is 0 Å². The number of rotatable bonds is 6. The van der Waals surface area contributed by atoms with Crippen molar-refractivity contribution in [1.82, 2.24) is 9.97 Å². The highest BCUT2D eigenvalue weighted by molar-refractivity contribution is 7.99. The Morgan fingerprint density at radius 2 is 2.25 bits per heavy atom. The lowest BCUT2D eigenvalue weighted by Gasteiger charge is -2.08. The van der Waals surface area contributed by atoms with Gasteiger partial charge in [-0.15, -0.1) is 11.8 Å². The Balaban J connectivity index is 2.82. The Labute approximate surface area is 100 Å². The van der Waals surface area contributed by atoms with Gasteiger partial charge in [0, 0.05) is 17.9 Å². The van der Waals surface area contributed by atoms with Crippen LogP contribution in [0.3, 0.4) is 0 Å². The summed E-state index contributed by atoms with van der Waals surface area (Å²) in [6, 6.07) is 1.83.